The van der Waals surface area contributed by atoms with E-state index in [1.165, 1.54) is 0 Å². The van der Waals surface area contributed by atoms with Gasteiger partial charge in [-0.15, -0.1) is 0 Å². The van der Waals surface area contributed by atoms with Crippen molar-refractivity contribution in [3.05, 3.63) is 45.8 Å². The van der Waals surface area contributed by atoms with Gasteiger partial charge in [-0.25, -0.2) is 0 Å². The van der Waals surface area contributed by atoms with Gasteiger partial charge in [0.15, 0.2) is 0 Å². The summed E-state index contributed by atoms with van der Waals surface area (Å²) < 4.78 is 1.65. The third-order valence-corrected chi connectivity index (χ3v) is 24.1. The summed E-state index contributed by atoms with van der Waals surface area (Å²) in [6.07, 6.45) is 10.7. The van der Waals surface area contributed by atoms with Crippen LogP contribution in [0.4, 0.5) is 0 Å². The molecule has 1 fully saturated rings. The van der Waals surface area contributed by atoms with Crippen molar-refractivity contribution in [3.8, 4) is 0 Å². The average molecular weight is 447 g/mol. The fourth-order valence-electron chi connectivity index (χ4n) is 4.81. The second-order valence-electron chi connectivity index (χ2n) is 11.3. The van der Waals surface area contributed by atoms with Crippen LogP contribution in [0.3, 0.4) is 0 Å². The number of hydrogen-bond acceptors (Lipinski definition) is 0. The zero-order valence-corrected chi connectivity index (χ0v) is 21.3. The molecule has 2 heteroatoms. The summed E-state index contributed by atoms with van der Waals surface area (Å²) in [5.41, 5.74) is 3.78. The van der Waals surface area contributed by atoms with Gasteiger partial charge in [-0.3, -0.25) is 0 Å². The van der Waals surface area contributed by atoms with Gasteiger partial charge >= 0.3 is 156 Å². The van der Waals surface area contributed by atoms with Crippen molar-refractivity contribution in [1.82, 2.24) is 0 Å². The first-order valence-corrected chi connectivity index (χ1v) is 21.6. The van der Waals surface area contributed by atoms with Gasteiger partial charge in [-0.05, 0) is 0 Å². The molecule has 3 aliphatic rings. The van der Waals surface area contributed by atoms with E-state index in [0.717, 1.165) is 7.87 Å². The molecule has 2 aliphatic carbocycles. The number of allylic oxidation sites excluding steroid dienone is 8. The zero-order valence-electron chi connectivity index (χ0n) is 17.5. The van der Waals surface area contributed by atoms with Gasteiger partial charge < -0.3 is 0 Å². The standard InChI is InChI=1S/C20H30Si.2CH3.Sn/c1-19(2,3)15-9-11-17(13-15)21(7,8)18-12-10-16(14-18)20(4,5)6;;;/h9-14H,1-8H3;2*1H3;. The van der Waals surface area contributed by atoms with Crippen molar-refractivity contribution in [2.75, 3.05) is 0 Å². The van der Waals surface area contributed by atoms with E-state index in [4.69, 9.17) is 0 Å². The molecule has 0 aromatic rings. The van der Waals surface area contributed by atoms with Crippen LogP contribution in [-0.2, 0) is 0 Å². The van der Waals surface area contributed by atoms with E-state index < -0.39 is 26.5 Å². The van der Waals surface area contributed by atoms with Gasteiger partial charge in [0, 0.05) is 0 Å². The molecule has 0 radical (unpaired) electrons. The summed E-state index contributed by atoms with van der Waals surface area (Å²) in [5, 5.41) is 3.72. The Kier molecular flexibility index (Phi) is 4.10. The van der Waals surface area contributed by atoms with Crippen LogP contribution >= 0.6 is 0 Å². The quantitative estimate of drug-likeness (QED) is 0.349. The van der Waals surface area contributed by atoms with E-state index >= 15 is 0 Å². The average Bonchev–Trinajstić information content (AvgIpc) is 3.02. The second-order valence-corrected chi connectivity index (χ2v) is 29.7. The van der Waals surface area contributed by atoms with Gasteiger partial charge in [-0.1, -0.05) is 0 Å². The van der Waals surface area contributed by atoms with Crippen LogP contribution in [-0.4, -0.2) is 26.5 Å². The van der Waals surface area contributed by atoms with E-state index in [2.05, 4.69) is 88.8 Å². The van der Waals surface area contributed by atoms with E-state index in [9.17, 15) is 0 Å². The number of rotatable bonds is 0. The summed E-state index contributed by atoms with van der Waals surface area (Å²) in [6.45, 7) is 19.5. The second kappa shape index (κ2) is 5.25. The molecule has 0 amide bonds. The Balaban J connectivity index is 2.15. The SMILES string of the molecule is CC(C)(C)C1=C[C@@H]2C(=C1)[Si](C)(C)C1=CC(C(C)(C)C)=C[C@@H]1[Sn]2([CH3])[CH3]. The molecule has 3 rings (SSSR count). The molecule has 132 valence electrons. The van der Waals surface area contributed by atoms with Crippen molar-refractivity contribution in [2.45, 2.75) is 72.4 Å². The Labute approximate surface area is 155 Å². The fourth-order valence-corrected chi connectivity index (χ4v) is 28.7. The molecule has 24 heavy (non-hydrogen) atoms. The monoisotopic (exact) mass is 448 g/mol. The maximum absolute atomic E-state index is 2.71. The van der Waals surface area contributed by atoms with Gasteiger partial charge in [0.1, 0.15) is 0 Å². The normalized spacial score (nSPS) is 30.9. The summed E-state index contributed by atoms with van der Waals surface area (Å²) >= 11 is -2.31. The van der Waals surface area contributed by atoms with Crippen LogP contribution in [0.5, 0.6) is 0 Å². The molecular weight excluding hydrogens is 411 g/mol. The van der Waals surface area contributed by atoms with E-state index in [1.807, 2.05) is 10.4 Å². The van der Waals surface area contributed by atoms with Crippen LogP contribution in [0.2, 0.25) is 30.8 Å². The van der Waals surface area contributed by atoms with Gasteiger partial charge in [0.25, 0.3) is 0 Å². The predicted octanol–water partition coefficient (Wildman–Crippen LogP) is 7.06. The molecule has 0 saturated carbocycles. The van der Waals surface area contributed by atoms with Gasteiger partial charge in [0.2, 0.25) is 0 Å². The first-order chi connectivity index (χ1) is 10.7. The van der Waals surface area contributed by atoms with Crippen LogP contribution in [0.1, 0.15) is 41.5 Å². The molecule has 0 spiro atoms. The topological polar surface area (TPSA) is 0 Å². The minimum absolute atomic E-state index is 0.284. The molecule has 1 aliphatic heterocycles. The van der Waals surface area contributed by atoms with Crippen molar-refractivity contribution in [1.29, 1.82) is 0 Å². The molecule has 0 bridgehead atoms. The summed E-state index contributed by atoms with van der Waals surface area (Å²) in [6, 6.07) is 0. The summed E-state index contributed by atoms with van der Waals surface area (Å²) in [4.78, 5) is 5.42. The molecule has 1 heterocycles. The van der Waals surface area contributed by atoms with Crippen LogP contribution in [0.25, 0.3) is 0 Å². The predicted molar refractivity (Wildman–Crippen MR) is 114 cm³/mol. The number of hydrogen-bond donors (Lipinski definition) is 0. The van der Waals surface area contributed by atoms with Gasteiger partial charge in [0.05, 0.1) is 0 Å². The zero-order chi connectivity index (χ0) is 18.3. The molecule has 0 aromatic heterocycles. The van der Waals surface area contributed by atoms with Crippen LogP contribution < -0.4 is 0 Å². The Bertz CT molecular complexity index is 641. The Morgan fingerprint density at radius 2 is 1.08 bits per heavy atom. The van der Waals surface area contributed by atoms with Crippen molar-refractivity contribution in [3.63, 3.8) is 0 Å². The van der Waals surface area contributed by atoms with Crippen LogP contribution in [0, 0.1) is 10.8 Å². The van der Waals surface area contributed by atoms with E-state index in [1.54, 1.807) is 11.1 Å². The Morgan fingerprint density at radius 1 is 0.750 bits per heavy atom. The van der Waals surface area contributed by atoms with Crippen molar-refractivity contribution in [2.24, 2.45) is 10.8 Å². The van der Waals surface area contributed by atoms with Crippen LogP contribution in [0.15, 0.2) is 45.8 Å². The number of fused-ring (bicyclic) bond motifs is 2. The summed E-state index contributed by atoms with van der Waals surface area (Å²) in [5.74, 6) is 0. The minimum atomic E-state index is -2.31. The molecule has 0 nitrogen and oxygen atoms in total. The summed E-state index contributed by atoms with van der Waals surface area (Å²) in [7, 11) is -1.51. The van der Waals surface area contributed by atoms with Crippen molar-refractivity contribution >= 4 is 26.5 Å². The van der Waals surface area contributed by atoms with E-state index in [0.29, 0.717) is 0 Å². The third kappa shape index (κ3) is 2.69. The first-order valence-electron chi connectivity index (χ1n) is 9.55. The fraction of sp³-hybridized carbons (Fsp3) is 0.636. The molecule has 1 saturated heterocycles. The van der Waals surface area contributed by atoms with Crippen molar-refractivity contribution < 1.29 is 0 Å². The molecule has 0 aromatic carbocycles. The maximum atomic E-state index is 2.71. The molecule has 0 unspecified atom stereocenters. The molecule has 2 atom stereocenters. The first kappa shape index (κ1) is 18.8. The van der Waals surface area contributed by atoms with E-state index in [-0.39, 0.29) is 10.8 Å². The molecule has 0 N–H and O–H groups in total. The van der Waals surface area contributed by atoms with Gasteiger partial charge in [-0.2, -0.15) is 0 Å². The Morgan fingerprint density at radius 3 is 1.38 bits per heavy atom. The Hall–Kier alpha value is -0.0244. The third-order valence-electron chi connectivity index (χ3n) is 6.76. The molecular formula is C22H36SiSn.